The van der Waals surface area contributed by atoms with Crippen LogP contribution in [0.4, 0.5) is 0 Å². The van der Waals surface area contributed by atoms with E-state index >= 15 is 0 Å². The summed E-state index contributed by atoms with van der Waals surface area (Å²) in [7, 11) is 0. The monoisotopic (exact) mass is 179 g/mol. The molecule has 0 aromatic carbocycles. The van der Waals surface area contributed by atoms with Crippen LogP contribution in [0.3, 0.4) is 0 Å². The molecule has 0 rings (SSSR count). The Bertz CT molecular complexity index is 217. The zero-order valence-corrected chi connectivity index (χ0v) is 9.28. The van der Waals surface area contributed by atoms with Crippen molar-refractivity contribution < 1.29 is 0 Å². The lowest BCUT2D eigenvalue weighted by Crippen LogP contribution is -2.13. The maximum atomic E-state index is 3.83. The fourth-order valence-corrected chi connectivity index (χ4v) is 0.888. The molecule has 0 radical (unpaired) electrons. The lowest BCUT2D eigenvalue weighted by Gasteiger charge is -2.07. The fourth-order valence-electron chi connectivity index (χ4n) is 0.888. The molecule has 1 N–H and O–H groups in total. The van der Waals surface area contributed by atoms with Crippen molar-refractivity contribution in [1.29, 1.82) is 0 Å². The van der Waals surface area contributed by atoms with Crippen LogP contribution < -0.4 is 5.32 Å². The normalized spacial score (nSPS) is 10.2. The quantitative estimate of drug-likeness (QED) is 0.638. The second-order valence-electron chi connectivity index (χ2n) is 3.52. The van der Waals surface area contributed by atoms with Gasteiger partial charge >= 0.3 is 0 Å². The van der Waals surface area contributed by atoms with Gasteiger partial charge in [-0.2, -0.15) is 0 Å². The summed E-state index contributed by atoms with van der Waals surface area (Å²) < 4.78 is 0. The highest BCUT2D eigenvalue weighted by molar-refractivity contribution is 5.26. The lowest BCUT2D eigenvalue weighted by molar-refractivity contribution is 0.776. The third kappa shape index (κ3) is 6.21. The van der Waals surface area contributed by atoms with Gasteiger partial charge in [-0.05, 0) is 33.3 Å². The smallest absolute Gasteiger partial charge is 0.0326 e. The number of nitrogens with one attached hydrogen (secondary N) is 1. The molecule has 0 spiro atoms. The lowest BCUT2D eigenvalue weighted by atomic mass is 10.2. The third-order valence-corrected chi connectivity index (χ3v) is 1.64. The Hall–Kier alpha value is -0.980. The first-order chi connectivity index (χ1) is 6.07. The van der Waals surface area contributed by atoms with Gasteiger partial charge in [0, 0.05) is 12.2 Å². The standard InChI is InChI=1S/C12H21N/c1-6-9-13-12(11(4)5)8-7-10(2)3/h7-8,13H,2,6,9H2,1,3-5H3/b8-7-. The zero-order valence-electron chi connectivity index (χ0n) is 9.28. The Morgan fingerprint density at radius 1 is 1.23 bits per heavy atom. The average Bonchev–Trinajstić information content (AvgIpc) is 2.03. The zero-order chi connectivity index (χ0) is 10.3. The maximum absolute atomic E-state index is 3.83. The van der Waals surface area contributed by atoms with Crippen molar-refractivity contribution in [1.82, 2.24) is 5.32 Å². The molecule has 0 bridgehead atoms. The molecule has 0 aliphatic heterocycles. The van der Waals surface area contributed by atoms with Crippen LogP contribution in [0.5, 0.6) is 0 Å². The van der Waals surface area contributed by atoms with Crippen molar-refractivity contribution in [2.24, 2.45) is 0 Å². The minimum Gasteiger partial charge on any atom is -0.385 e. The van der Waals surface area contributed by atoms with Crippen LogP contribution in [0.25, 0.3) is 0 Å². The number of rotatable bonds is 5. The van der Waals surface area contributed by atoms with Gasteiger partial charge in [0.1, 0.15) is 0 Å². The van der Waals surface area contributed by atoms with E-state index in [2.05, 4.69) is 38.7 Å². The minimum absolute atomic E-state index is 1.03. The molecular formula is C12H21N. The largest absolute Gasteiger partial charge is 0.385 e. The van der Waals surface area contributed by atoms with Crippen molar-refractivity contribution >= 4 is 0 Å². The van der Waals surface area contributed by atoms with Crippen LogP contribution in [0.1, 0.15) is 34.1 Å². The summed E-state index contributed by atoms with van der Waals surface area (Å²) in [6.07, 6.45) is 5.27. The van der Waals surface area contributed by atoms with E-state index in [0.29, 0.717) is 0 Å². The summed E-state index contributed by atoms with van der Waals surface area (Å²) in [5.41, 5.74) is 3.60. The molecule has 0 aliphatic carbocycles. The summed E-state index contributed by atoms with van der Waals surface area (Å²) in [4.78, 5) is 0. The van der Waals surface area contributed by atoms with E-state index in [1.54, 1.807) is 0 Å². The third-order valence-electron chi connectivity index (χ3n) is 1.64. The van der Waals surface area contributed by atoms with E-state index in [1.807, 2.05) is 13.0 Å². The molecule has 0 heterocycles. The number of hydrogen-bond acceptors (Lipinski definition) is 1. The van der Waals surface area contributed by atoms with Gasteiger partial charge in [-0.25, -0.2) is 0 Å². The van der Waals surface area contributed by atoms with Gasteiger partial charge in [-0.3, -0.25) is 0 Å². The Labute approximate surface area is 82.2 Å². The second-order valence-corrected chi connectivity index (χ2v) is 3.52. The van der Waals surface area contributed by atoms with Gasteiger partial charge in [0.05, 0.1) is 0 Å². The summed E-state index contributed by atoms with van der Waals surface area (Å²) in [6.45, 7) is 13.2. The van der Waals surface area contributed by atoms with Gasteiger partial charge in [0.15, 0.2) is 0 Å². The first-order valence-corrected chi connectivity index (χ1v) is 4.82. The van der Waals surface area contributed by atoms with Gasteiger partial charge in [-0.15, -0.1) is 0 Å². The average molecular weight is 179 g/mol. The highest BCUT2D eigenvalue weighted by Gasteiger charge is 1.92. The molecule has 74 valence electrons. The van der Waals surface area contributed by atoms with Crippen LogP contribution in [0.15, 0.2) is 35.6 Å². The highest BCUT2D eigenvalue weighted by Crippen LogP contribution is 2.03. The van der Waals surface area contributed by atoms with Crippen molar-refractivity contribution in [2.75, 3.05) is 6.54 Å². The molecule has 0 amide bonds. The first kappa shape index (κ1) is 12.0. The predicted molar refractivity (Wildman–Crippen MR) is 60.6 cm³/mol. The molecule has 0 fully saturated rings. The predicted octanol–water partition coefficient (Wildman–Crippen LogP) is 3.41. The molecule has 1 nitrogen and oxygen atoms in total. The van der Waals surface area contributed by atoms with E-state index in [0.717, 1.165) is 18.5 Å². The van der Waals surface area contributed by atoms with Gasteiger partial charge in [0.25, 0.3) is 0 Å². The van der Waals surface area contributed by atoms with Crippen molar-refractivity contribution in [3.63, 3.8) is 0 Å². The molecule has 0 saturated carbocycles. The Kier molecular flexibility index (Phi) is 6.03. The Balaban J connectivity index is 4.29. The van der Waals surface area contributed by atoms with Crippen molar-refractivity contribution in [3.8, 4) is 0 Å². The molecule has 0 aromatic rings. The van der Waals surface area contributed by atoms with Crippen LogP contribution in [0, 0.1) is 0 Å². The topological polar surface area (TPSA) is 12.0 Å². The van der Waals surface area contributed by atoms with E-state index in [1.165, 1.54) is 11.3 Å². The van der Waals surface area contributed by atoms with Crippen LogP contribution in [0.2, 0.25) is 0 Å². The Morgan fingerprint density at radius 3 is 2.23 bits per heavy atom. The molecule has 0 aliphatic rings. The van der Waals surface area contributed by atoms with E-state index in [9.17, 15) is 0 Å². The fraction of sp³-hybridized carbons (Fsp3) is 0.500. The molecule has 0 saturated heterocycles. The molecule has 13 heavy (non-hydrogen) atoms. The number of allylic oxidation sites excluding steroid dienone is 4. The van der Waals surface area contributed by atoms with Crippen LogP contribution >= 0.6 is 0 Å². The van der Waals surface area contributed by atoms with Gasteiger partial charge in [0.2, 0.25) is 0 Å². The molecule has 0 unspecified atom stereocenters. The summed E-state index contributed by atoms with van der Waals surface area (Å²) in [5, 5.41) is 3.38. The summed E-state index contributed by atoms with van der Waals surface area (Å²) >= 11 is 0. The molecular weight excluding hydrogens is 158 g/mol. The van der Waals surface area contributed by atoms with Crippen molar-refractivity contribution in [3.05, 3.63) is 35.6 Å². The highest BCUT2D eigenvalue weighted by atomic mass is 14.9. The molecule has 1 heteroatoms. The van der Waals surface area contributed by atoms with E-state index in [-0.39, 0.29) is 0 Å². The number of hydrogen-bond donors (Lipinski definition) is 1. The Morgan fingerprint density at radius 2 is 1.85 bits per heavy atom. The summed E-state index contributed by atoms with van der Waals surface area (Å²) in [6, 6.07) is 0. The van der Waals surface area contributed by atoms with Crippen molar-refractivity contribution in [2.45, 2.75) is 34.1 Å². The summed E-state index contributed by atoms with van der Waals surface area (Å²) in [5.74, 6) is 0. The molecule has 0 atom stereocenters. The second kappa shape index (κ2) is 6.53. The van der Waals surface area contributed by atoms with Crippen LogP contribution in [-0.2, 0) is 0 Å². The van der Waals surface area contributed by atoms with Gasteiger partial charge < -0.3 is 5.32 Å². The van der Waals surface area contributed by atoms with Crippen LogP contribution in [-0.4, -0.2) is 6.54 Å². The first-order valence-electron chi connectivity index (χ1n) is 4.82. The van der Waals surface area contributed by atoms with E-state index in [4.69, 9.17) is 0 Å². The minimum atomic E-state index is 1.03. The SMILES string of the molecule is C=C(C)/C=C\C(NCCC)=C(C)C. The molecule has 0 aromatic heterocycles. The maximum Gasteiger partial charge on any atom is 0.0326 e. The van der Waals surface area contributed by atoms with Gasteiger partial charge in [-0.1, -0.05) is 30.7 Å². The van der Waals surface area contributed by atoms with E-state index < -0.39 is 0 Å².